The van der Waals surface area contributed by atoms with Crippen molar-refractivity contribution in [1.29, 1.82) is 0 Å². The number of likely N-dealkylation sites (N-methyl/N-ethyl adjacent to an activating group) is 1. The molecule has 0 aromatic carbocycles. The van der Waals surface area contributed by atoms with Crippen LogP contribution in [0.4, 0.5) is 17.6 Å². The Morgan fingerprint density at radius 2 is 1.83 bits per heavy atom. The van der Waals surface area contributed by atoms with Gasteiger partial charge in [-0.2, -0.15) is 4.98 Å². The Hall–Kier alpha value is -2.94. The first kappa shape index (κ1) is 18.1. The third kappa shape index (κ3) is 3.57. The maximum Gasteiger partial charge on any atom is 0.227 e. The number of fused-ring (bicyclic) bond motifs is 1. The van der Waals surface area contributed by atoms with Gasteiger partial charge in [-0.25, -0.2) is 15.0 Å². The molecule has 152 valence electrons. The molecule has 0 bridgehead atoms. The topological polar surface area (TPSA) is 74.9 Å². The fraction of sp³-hybridized carbons (Fsp3) is 0.500. The van der Waals surface area contributed by atoms with Gasteiger partial charge in [-0.1, -0.05) is 0 Å². The molecule has 3 aromatic rings. The Kier molecular flexibility index (Phi) is 4.89. The van der Waals surface area contributed by atoms with Crippen molar-refractivity contribution in [2.45, 2.75) is 18.9 Å². The van der Waals surface area contributed by atoms with Gasteiger partial charge in [0.15, 0.2) is 11.5 Å². The maximum atomic E-state index is 5.45. The number of hydrogen-bond donors (Lipinski definition) is 0. The Bertz CT molecular complexity index is 970. The van der Waals surface area contributed by atoms with Gasteiger partial charge < -0.3 is 23.8 Å². The summed E-state index contributed by atoms with van der Waals surface area (Å²) in [7, 11) is 2.13. The second kappa shape index (κ2) is 7.82. The lowest BCUT2D eigenvalue weighted by molar-refractivity contribution is 0.122. The highest BCUT2D eigenvalue weighted by atomic mass is 16.5. The number of rotatable bonds is 4. The fourth-order valence-corrected chi connectivity index (χ4v) is 4.16. The molecule has 1 unspecified atom stereocenters. The summed E-state index contributed by atoms with van der Waals surface area (Å²) in [5.74, 6) is 2.70. The standard InChI is InChI=1S/C20H26N8O/c1-25(17-4-5-23-20(24-17)27-11-13-29-14-12-27)16-3-2-8-28(15-16)19-18-21-6-9-26(18)10-7-22-19/h4-7,9-10,16H,2-3,8,11-15H2,1H3. The summed E-state index contributed by atoms with van der Waals surface area (Å²) >= 11 is 0. The van der Waals surface area contributed by atoms with Gasteiger partial charge in [-0.3, -0.25) is 0 Å². The summed E-state index contributed by atoms with van der Waals surface area (Å²) in [4.78, 5) is 25.3. The molecule has 1 atom stereocenters. The normalized spacial score (nSPS) is 20.2. The average Bonchev–Trinajstić information content (AvgIpc) is 3.28. The lowest BCUT2D eigenvalue weighted by Gasteiger charge is -2.39. The Morgan fingerprint density at radius 3 is 2.69 bits per heavy atom. The third-order valence-corrected chi connectivity index (χ3v) is 5.82. The first-order valence-electron chi connectivity index (χ1n) is 10.2. The molecule has 0 aliphatic carbocycles. The van der Waals surface area contributed by atoms with Gasteiger partial charge in [0.05, 0.1) is 13.2 Å². The molecular weight excluding hydrogens is 368 g/mol. The summed E-state index contributed by atoms with van der Waals surface area (Å²) in [5.41, 5.74) is 0.910. The van der Waals surface area contributed by atoms with Gasteiger partial charge in [0.2, 0.25) is 5.95 Å². The van der Waals surface area contributed by atoms with Crippen LogP contribution in [0.15, 0.2) is 37.1 Å². The SMILES string of the molecule is CN(c1ccnc(N2CCOCC2)n1)C1CCCN(c2nccn3ccnc23)C1. The molecule has 0 N–H and O–H groups in total. The number of ether oxygens (including phenoxy) is 1. The number of hydrogen-bond acceptors (Lipinski definition) is 8. The smallest absolute Gasteiger partial charge is 0.227 e. The van der Waals surface area contributed by atoms with Crippen molar-refractivity contribution in [1.82, 2.24) is 24.3 Å². The highest BCUT2D eigenvalue weighted by Crippen LogP contribution is 2.26. The predicted molar refractivity (Wildman–Crippen MR) is 112 cm³/mol. The monoisotopic (exact) mass is 394 g/mol. The molecule has 0 saturated carbocycles. The van der Waals surface area contributed by atoms with E-state index >= 15 is 0 Å². The van der Waals surface area contributed by atoms with Crippen LogP contribution in [0.2, 0.25) is 0 Å². The van der Waals surface area contributed by atoms with Crippen molar-refractivity contribution in [3.8, 4) is 0 Å². The van der Waals surface area contributed by atoms with E-state index in [0.29, 0.717) is 6.04 Å². The fourth-order valence-electron chi connectivity index (χ4n) is 4.16. The minimum atomic E-state index is 0.355. The molecule has 2 aliphatic rings. The van der Waals surface area contributed by atoms with Gasteiger partial charge in [-0.05, 0) is 18.9 Å². The van der Waals surface area contributed by atoms with Crippen molar-refractivity contribution in [3.63, 3.8) is 0 Å². The quantitative estimate of drug-likeness (QED) is 0.658. The third-order valence-electron chi connectivity index (χ3n) is 5.82. The lowest BCUT2D eigenvalue weighted by atomic mass is 10.0. The van der Waals surface area contributed by atoms with E-state index in [-0.39, 0.29) is 0 Å². The second-order valence-corrected chi connectivity index (χ2v) is 7.58. The van der Waals surface area contributed by atoms with Crippen molar-refractivity contribution >= 4 is 23.2 Å². The van der Waals surface area contributed by atoms with Crippen LogP contribution in [0, 0.1) is 0 Å². The van der Waals surface area contributed by atoms with Crippen LogP contribution in [0.3, 0.4) is 0 Å². The summed E-state index contributed by atoms with van der Waals surface area (Å²) in [6.45, 7) is 5.02. The van der Waals surface area contributed by atoms with Gasteiger partial charge >= 0.3 is 0 Å². The van der Waals surface area contributed by atoms with Crippen LogP contribution in [0.5, 0.6) is 0 Å². The van der Waals surface area contributed by atoms with Crippen molar-refractivity contribution in [2.24, 2.45) is 0 Å². The molecule has 29 heavy (non-hydrogen) atoms. The van der Waals surface area contributed by atoms with Gasteiger partial charge in [-0.15, -0.1) is 0 Å². The summed E-state index contributed by atoms with van der Waals surface area (Å²) < 4.78 is 7.47. The number of aromatic nitrogens is 5. The Labute approximate surface area is 170 Å². The minimum Gasteiger partial charge on any atom is -0.378 e. The zero-order valence-corrected chi connectivity index (χ0v) is 16.7. The average molecular weight is 394 g/mol. The van der Waals surface area contributed by atoms with Gasteiger partial charge in [0, 0.05) is 70.3 Å². The van der Waals surface area contributed by atoms with Crippen LogP contribution in [0.25, 0.3) is 5.65 Å². The number of nitrogens with zero attached hydrogens (tertiary/aromatic N) is 8. The highest BCUT2D eigenvalue weighted by molar-refractivity contribution is 5.64. The van der Waals surface area contributed by atoms with E-state index in [2.05, 4.69) is 36.7 Å². The van der Waals surface area contributed by atoms with Crippen LogP contribution < -0.4 is 14.7 Å². The molecule has 2 saturated heterocycles. The maximum absolute atomic E-state index is 5.45. The largest absolute Gasteiger partial charge is 0.378 e. The molecule has 5 rings (SSSR count). The molecule has 9 nitrogen and oxygen atoms in total. The van der Waals surface area contributed by atoms with E-state index in [1.807, 2.05) is 41.5 Å². The molecule has 5 heterocycles. The predicted octanol–water partition coefficient (Wildman–Crippen LogP) is 1.46. The molecule has 0 radical (unpaired) electrons. The first-order chi connectivity index (χ1) is 14.3. The molecule has 9 heteroatoms. The van der Waals surface area contributed by atoms with Crippen LogP contribution >= 0.6 is 0 Å². The summed E-state index contributed by atoms with van der Waals surface area (Å²) in [6, 6.07) is 2.35. The molecule has 0 amide bonds. The zero-order valence-electron chi connectivity index (χ0n) is 16.7. The second-order valence-electron chi connectivity index (χ2n) is 7.58. The van der Waals surface area contributed by atoms with Crippen LogP contribution in [0.1, 0.15) is 12.8 Å². The van der Waals surface area contributed by atoms with E-state index in [9.17, 15) is 0 Å². The van der Waals surface area contributed by atoms with E-state index in [4.69, 9.17) is 9.72 Å². The molecule has 3 aromatic heterocycles. The summed E-state index contributed by atoms with van der Waals surface area (Å²) in [5, 5.41) is 0. The van der Waals surface area contributed by atoms with E-state index in [1.165, 1.54) is 0 Å². The summed E-state index contributed by atoms with van der Waals surface area (Å²) in [6.07, 6.45) is 11.7. The van der Waals surface area contributed by atoms with Crippen molar-refractivity contribution in [2.75, 3.05) is 61.1 Å². The number of imidazole rings is 1. The highest BCUT2D eigenvalue weighted by Gasteiger charge is 2.27. The van der Waals surface area contributed by atoms with Gasteiger partial charge in [0.1, 0.15) is 5.82 Å². The molecular formula is C20H26N8O. The van der Waals surface area contributed by atoms with E-state index in [0.717, 1.165) is 75.5 Å². The first-order valence-corrected chi connectivity index (χ1v) is 10.2. The molecule has 2 fully saturated rings. The van der Waals surface area contributed by atoms with Crippen LogP contribution in [-0.2, 0) is 4.74 Å². The molecule has 2 aliphatic heterocycles. The lowest BCUT2D eigenvalue weighted by Crippen LogP contribution is -2.47. The van der Waals surface area contributed by atoms with E-state index < -0.39 is 0 Å². The Morgan fingerprint density at radius 1 is 1.00 bits per heavy atom. The zero-order chi connectivity index (χ0) is 19.6. The number of morpholine rings is 1. The van der Waals surface area contributed by atoms with Crippen molar-refractivity contribution < 1.29 is 4.74 Å². The number of anilines is 3. The number of piperidine rings is 1. The van der Waals surface area contributed by atoms with Gasteiger partial charge in [0.25, 0.3) is 0 Å². The Balaban J connectivity index is 1.35. The van der Waals surface area contributed by atoms with E-state index in [1.54, 1.807) is 0 Å². The minimum absolute atomic E-state index is 0.355. The van der Waals surface area contributed by atoms with Crippen molar-refractivity contribution in [3.05, 3.63) is 37.1 Å². The van der Waals surface area contributed by atoms with Crippen LogP contribution in [-0.4, -0.2) is 76.8 Å². The molecule has 0 spiro atoms.